The van der Waals surface area contributed by atoms with Crippen LogP contribution < -0.4 is 21.9 Å². The molecule has 15 heavy (non-hydrogen) atoms. The predicted molar refractivity (Wildman–Crippen MR) is 68.2 cm³/mol. The summed E-state index contributed by atoms with van der Waals surface area (Å²) in [6.07, 6.45) is 0. The van der Waals surface area contributed by atoms with Gasteiger partial charge >= 0.3 is 0 Å². The topological polar surface area (TPSA) is 115 Å². The van der Waals surface area contributed by atoms with Crippen molar-refractivity contribution in [3.05, 3.63) is 16.6 Å². The second kappa shape index (κ2) is 5.73. The first-order chi connectivity index (χ1) is 7.09. The minimum absolute atomic E-state index is 0.00904. The van der Waals surface area contributed by atoms with Gasteiger partial charge in [0, 0.05) is 5.38 Å². The van der Waals surface area contributed by atoms with Gasteiger partial charge in [-0.25, -0.2) is 9.98 Å². The van der Waals surface area contributed by atoms with Crippen molar-refractivity contribution >= 4 is 46.6 Å². The fourth-order valence-electron chi connectivity index (χ4n) is 0.746. The quantitative estimate of drug-likeness (QED) is 0.259. The highest BCUT2D eigenvalue weighted by molar-refractivity contribution is 7.99. The average Bonchev–Trinajstić information content (AvgIpc) is 2.63. The Morgan fingerprint density at radius 1 is 1.60 bits per heavy atom. The average molecular weight is 262 g/mol. The van der Waals surface area contributed by atoms with Gasteiger partial charge in [-0.3, -0.25) is 0 Å². The number of thiocarbonyl (C=S) groups is 1. The fraction of sp³-hybridized carbons (Fsp3) is 0.167. The van der Waals surface area contributed by atoms with Gasteiger partial charge in [0.25, 0.3) is 0 Å². The van der Waals surface area contributed by atoms with E-state index in [-0.39, 0.29) is 16.4 Å². The van der Waals surface area contributed by atoms with Crippen LogP contribution in [0.5, 0.6) is 0 Å². The van der Waals surface area contributed by atoms with Crippen LogP contribution >= 0.6 is 35.5 Å². The molecule has 1 aromatic heterocycles. The molecule has 7 N–H and O–H groups in total. The van der Waals surface area contributed by atoms with Gasteiger partial charge in [-0.1, -0.05) is 0 Å². The number of hydrogen-bond acceptors (Lipinski definition) is 5. The maximum absolute atomic E-state index is 5.30. The SMILES string of the molecule is NC(=S)NSC(N=C(N)N)c1cscn1. The Kier molecular flexibility index (Phi) is 4.59. The number of aliphatic imine (C=N–C) groups is 1. The van der Waals surface area contributed by atoms with Gasteiger partial charge in [0.1, 0.15) is 0 Å². The van der Waals surface area contributed by atoms with Gasteiger partial charge in [-0.2, -0.15) is 0 Å². The smallest absolute Gasteiger partial charge is 0.187 e. The summed E-state index contributed by atoms with van der Waals surface area (Å²) in [5.41, 5.74) is 18.4. The van der Waals surface area contributed by atoms with Gasteiger partial charge in [-0.05, 0) is 24.2 Å². The zero-order chi connectivity index (χ0) is 11.3. The van der Waals surface area contributed by atoms with Crippen LogP contribution in [0.25, 0.3) is 0 Å². The van der Waals surface area contributed by atoms with Gasteiger partial charge < -0.3 is 21.9 Å². The molecule has 0 aliphatic heterocycles. The zero-order valence-corrected chi connectivity index (χ0v) is 10.0. The number of rotatable bonds is 4. The molecule has 0 bridgehead atoms. The molecule has 0 saturated heterocycles. The predicted octanol–water partition coefficient (Wildman–Crippen LogP) is -0.103. The van der Waals surface area contributed by atoms with E-state index in [0.717, 1.165) is 5.69 Å². The van der Waals surface area contributed by atoms with Crippen LogP contribution in [-0.4, -0.2) is 16.1 Å². The second-order valence-corrected chi connectivity index (χ2v) is 4.45. The Morgan fingerprint density at radius 3 is 2.80 bits per heavy atom. The Labute approximate surface area is 100 Å². The molecule has 0 spiro atoms. The molecular formula is C6H10N6S3. The van der Waals surface area contributed by atoms with E-state index in [0.29, 0.717) is 0 Å². The maximum Gasteiger partial charge on any atom is 0.187 e. The minimum Gasteiger partial charge on any atom is -0.376 e. The Bertz CT molecular complexity index is 344. The molecule has 1 unspecified atom stereocenters. The third-order valence-electron chi connectivity index (χ3n) is 1.24. The van der Waals surface area contributed by atoms with E-state index in [1.165, 1.54) is 23.3 Å². The number of nitrogens with one attached hydrogen (secondary N) is 1. The van der Waals surface area contributed by atoms with E-state index in [2.05, 4.69) is 26.9 Å². The first-order valence-electron chi connectivity index (χ1n) is 3.77. The van der Waals surface area contributed by atoms with Crippen molar-refractivity contribution in [1.29, 1.82) is 0 Å². The Balaban J connectivity index is 2.70. The van der Waals surface area contributed by atoms with Gasteiger partial charge in [0.2, 0.25) is 0 Å². The summed E-state index contributed by atoms with van der Waals surface area (Å²) in [4.78, 5) is 8.10. The van der Waals surface area contributed by atoms with Crippen LogP contribution in [0.4, 0.5) is 0 Å². The van der Waals surface area contributed by atoms with Gasteiger partial charge in [-0.15, -0.1) is 11.3 Å². The van der Waals surface area contributed by atoms with E-state index in [1.54, 1.807) is 5.51 Å². The summed E-state index contributed by atoms with van der Waals surface area (Å²) in [6.45, 7) is 0. The first-order valence-corrected chi connectivity index (χ1v) is 6.00. The van der Waals surface area contributed by atoms with Crippen molar-refractivity contribution in [2.45, 2.75) is 5.37 Å². The molecule has 0 aliphatic rings. The summed E-state index contributed by atoms with van der Waals surface area (Å²) in [5.74, 6) is -0.00904. The lowest BCUT2D eigenvalue weighted by atomic mass is 10.5. The largest absolute Gasteiger partial charge is 0.376 e. The Morgan fingerprint density at radius 2 is 2.33 bits per heavy atom. The van der Waals surface area contributed by atoms with Crippen LogP contribution in [0.2, 0.25) is 0 Å². The number of hydrogen-bond donors (Lipinski definition) is 4. The lowest BCUT2D eigenvalue weighted by Crippen LogP contribution is -2.26. The molecule has 1 aromatic rings. The zero-order valence-electron chi connectivity index (χ0n) is 7.58. The molecule has 82 valence electrons. The molecule has 0 fully saturated rings. The number of nitrogens with two attached hydrogens (primary N) is 3. The first kappa shape index (κ1) is 12.0. The van der Waals surface area contributed by atoms with Crippen LogP contribution in [0.1, 0.15) is 11.1 Å². The molecule has 0 radical (unpaired) electrons. The van der Waals surface area contributed by atoms with Gasteiger partial charge in [0.15, 0.2) is 16.4 Å². The molecule has 0 amide bonds. The summed E-state index contributed by atoms with van der Waals surface area (Å²) in [7, 11) is 0. The monoisotopic (exact) mass is 262 g/mol. The van der Waals surface area contributed by atoms with E-state index in [1.807, 2.05) is 5.38 Å². The van der Waals surface area contributed by atoms with Crippen molar-refractivity contribution in [1.82, 2.24) is 9.71 Å². The number of guanidine groups is 1. The summed E-state index contributed by atoms with van der Waals surface area (Å²) >= 11 is 7.33. The standard InChI is InChI=1S/C6H10N6S3/c7-5(8)11-4(15-12-6(9)13)3-1-14-2-10-3/h1-2,4H,(H4,7,8,11)(H3,9,12,13). The molecule has 9 heteroatoms. The maximum atomic E-state index is 5.30. The summed E-state index contributed by atoms with van der Waals surface area (Å²) < 4.78 is 2.71. The highest BCUT2D eigenvalue weighted by atomic mass is 32.2. The van der Waals surface area contributed by atoms with E-state index in [4.69, 9.17) is 17.2 Å². The fourth-order valence-corrected chi connectivity index (χ4v) is 2.20. The van der Waals surface area contributed by atoms with E-state index >= 15 is 0 Å². The van der Waals surface area contributed by atoms with E-state index in [9.17, 15) is 0 Å². The summed E-state index contributed by atoms with van der Waals surface area (Å²) in [6, 6.07) is 0. The summed E-state index contributed by atoms with van der Waals surface area (Å²) in [5, 5.41) is 1.68. The molecule has 0 saturated carbocycles. The van der Waals surface area contributed by atoms with Crippen molar-refractivity contribution in [2.24, 2.45) is 22.2 Å². The molecule has 0 aromatic carbocycles. The highest BCUT2D eigenvalue weighted by Crippen LogP contribution is 2.27. The number of thiazole rings is 1. The second-order valence-electron chi connectivity index (χ2n) is 2.40. The number of aromatic nitrogens is 1. The van der Waals surface area contributed by atoms with Crippen molar-refractivity contribution in [3.63, 3.8) is 0 Å². The highest BCUT2D eigenvalue weighted by Gasteiger charge is 2.13. The van der Waals surface area contributed by atoms with Crippen molar-refractivity contribution in [3.8, 4) is 0 Å². The molecule has 1 heterocycles. The molecule has 1 atom stereocenters. The number of nitrogens with zero attached hydrogens (tertiary/aromatic N) is 2. The molecular weight excluding hydrogens is 252 g/mol. The van der Waals surface area contributed by atoms with Crippen molar-refractivity contribution < 1.29 is 0 Å². The molecule has 0 aliphatic carbocycles. The Hall–Kier alpha value is -1.06. The lowest BCUT2D eigenvalue weighted by Gasteiger charge is -2.10. The third kappa shape index (κ3) is 4.32. The van der Waals surface area contributed by atoms with Crippen LogP contribution in [0.15, 0.2) is 15.9 Å². The minimum atomic E-state index is -0.345. The third-order valence-corrected chi connectivity index (χ3v) is 2.99. The molecule has 6 nitrogen and oxygen atoms in total. The van der Waals surface area contributed by atoms with Crippen molar-refractivity contribution in [2.75, 3.05) is 0 Å². The molecule has 1 rings (SSSR count). The normalized spacial score (nSPS) is 11.7. The van der Waals surface area contributed by atoms with Crippen LogP contribution in [-0.2, 0) is 0 Å². The lowest BCUT2D eigenvalue weighted by molar-refractivity contribution is 0.968. The van der Waals surface area contributed by atoms with E-state index < -0.39 is 0 Å². The van der Waals surface area contributed by atoms with Gasteiger partial charge in [0.05, 0.1) is 11.2 Å². The van der Waals surface area contributed by atoms with Crippen LogP contribution in [0.3, 0.4) is 0 Å². The van der Waals surface area contributed by atoms with Crippen LogP contribution in [0, 0.1) is 0 Å².